The lowest BCUT2D eigenvalue weighted by atomic mass is 10.1. The van der Waals surface area contributed by atoms with Gasteiger partial charge in [0.1, 0.15) is 5.00 Å². The molecule has 0 bridgehead atoms. The van der Waals surface area contributed by atoms with Crippen LogP contribution >= 0.6 is 11.3 Å². The second kappa shape index (κ2) is 7.43. The van der Waals surface area contributed by atoms with Crippen molar-refractivity contribution < 1.29 is 23.8 Å². The Morgan fingerprint density at radius 3 is 2.36 bits per heavy atom. The topological polar surface area (TPSA) is 99.9 Å². The lowest BCUT2D eigenvalue weighted by molar-refractivity contribution is 0.0601. The molecular formula is C17H20N2O5S. The van der Waals surface area contributed by atoms with Crippen LogP contribution in [0.3, 0.4) is 0 Å². The van der Waals surface area contributed by atoms with Gasteiger partial charge in [0.2, 0.25) is 0 Å². The lowest BCUT2D eigenvalue weighted by Crippen LogP contribution is -2.13. The van der Waals surface area contributed by atoms with E-state index < -0.39 is 5.97 Å². The number of carbonyl (C=O) groups is 2. The average Bonchev–Trinajstić information content (AvgIpc) is 2.88. The highest BCUT2D eigenvalue weighted by Crippen LogP contribution is 2.35. The maximum absolute atomic E-state index is 12.6. The van der Waals surface area contributed by atoms with Crippen molar-refractivity contribution in [3.05, 3.63) is 33.7 Å². The van der Waals surface area contributed by atoms with Crippen LogP contribution in [0.2, 0.25) is 0 Å². The van der Waals surface area contributed by atoms with Gasteiger partial charge >= 0.3 is 5.97 Å². The van der Waals surface area contributed by atoms with Gasteiger partial charge in [-0.15, -0.1) is 11.3 Å². The standard InChI is InChI=1S/C17H20N2O5S/c1-8-6-10(7-11(22-3)13(8)23-4)19-16(20)14-9(2)12(15(18)25-14)17(21)24-5/h6-7H,18H2,1-5H3,(H,19,20). The summed E-state index contributed by atoms with van der Waals surface area (Å²) in [6.07, 6.45) is 0. The summed E-state index contributed by atoms with van der Waals surface area (Å²) in [4.78, 5) is 24.7. The predicted octanol–water partition coefficient (Wildman–Crippen LogP) is 3.00. The lowest BCUT2D eigenvalue weighted by Gasteiger charge is -2.13. The van der Waals surface area contributed by atoms with Crippen LogP contribution in [-0.2, 0) is 4.74 Å². The number of anilines is 2. The number of rotatable bonds is 5. The fourth-order valence-electron chi connectivity index (χ4n) is 2.52. The maximum Gasteiger partial charge on any atom is 0.341 e. The Labute approximate surface area is 149 Å². The minimum Gasteiger partial charge on any atom is -0.493 e. The molecule has 0 atom stereocenters. The molecule has 0 aliphatic heterocycles. The number of nitrogens with one attached hydrogen (secondary N) is 1. The van der Waals surface area contributed by atoms with Crippen LogP contribution in [0.5, 0.6) is 11.5 Å². The molecule has 0 radical (unpaired) electrons. The average molecular weight is 364 g/mol. The van der Waals surface area contributed by atoms with Crippen molar-refractivity contribution in [2.75, 3.05) is 32.4 Å². The van der Waals surface area contributed by atoms with Gasteiger partial charge in [0.15, 0.2) is 11.5 Å². The number of ether oxygens (including phenoxy) is 3. The number of thiophene rings is 1. The highest BCUT2D eigenvalue weighted by Gasteiger charge is 2.24. The summed E-state index contributed by atoms with van der Waals surface area (Å²) in [5, 5.41) is 3.04. The van der Waals surface area contributed by atoms with Gasteiger partial charge in [0.25, 0.3) is 5.91 Å². The summed E-state index contributed by atoms with van der Waals surface area (Å²) < 4.78 is 15.3. The number of aryl methyl sites for hydroxylation is 1. The number of methoxy groups -OCH3 is 3. The molecule has 1 aromatic carbocycles. The third kappa shape index (κ3) is 3.53. The van der Waals surface area contributed by atoms with E-state index in [1.807, 2.05) is 6.92 Å². The molecule has 1 heterocycles. The zero-order valence-electron chi connectivity index (χ0n) is 14.7. The van der Waals surface area contributed by atoms with Crippen molar-refractivity contribution in [2.45, 2.75) is 13.8 Å². The third-order valence-electron chi connectivity index (χ3n) is 3.69. The van der Waals surface area contributed by atoms with Crippen molar-refractivity contribution >= 4 is 33.9 Å². The Morgan fingerprint density at radius 1 is 1.12 bits per heavy atom. The summed E-state index contributed by atoms with van der Waals surface area (Å²) in [6.45, 7) is 3.51. The molecule has 134 valence electrons. The van der Waals surface area contributed by atoms with Crippen LogP contribution in [0.15, 0.2) is 12.1 Å². The van der Waals surface area contributed by atoms with Crippen LogP contribution in [0, 0.1) is 13.8 Å². The zero-order chi connectivity index (χ0) is 18.7. The second-order valence-corrected chi connectivity index (χ2v) is 6.32. The number of benzene rings is 1. The number of esters is 1. The molecule has 0 spiro atoms. The van der Waals surface area contributed by atoms with E-state index >= 15 is 0 Å². The van der Waals surface area contributed by atoms with E-state index in [9.17, 15) is 9.59 Å². The van der Waals surface area contributed by atoms with Crippen molar-refractivity contribution in [1.82, 2.24) is 0 Å². The molecule has 0 fully saturated rings. The van der Waals surface area contributed by atoms with E-state index in [2.05, 4.69) is 5.32 Å². The smallest absolute Gasteiger partial charge is 0.341 e. The van der Waals surface area contributed by atoms with Crippen molar-refractivity contribution in [3.63, 3.8) is 0 Å². The van der Waals surface area contributed by atoms with Gasteiger partial charge in [0.05, 0.1) is 31.8 Å². The number of nitrogen functional groups attached to an aromatic ring is 1. The molecule has 1 aromatic heterocycles. The first-order valence-electron chi connectivity index (χ1n) is 7.35. The molecule has 7 nitrogen and oxygen atoms in total. The fourth-order valence-corrected chi connectivity index (χ4v) is 3.48. The van der Waals surface area contributed by atoms with E-state index in [1.165, 1.54) is 14.2 Å². The Balaban J connectivity index is 2.35. The molecule has 0 aliphatic rings. The van der Waals surface area contributed by atoms with Gasteiger partial charge in [-0.3, -0.25) is 4.79 Å². The minimum absolute atomic E-state index is 0.223. The summed E-state index contributed by atoms with van der Waals surface area (Å²) in [7, 11) is 4.34. The monoisotopic (exact) mass is 364 g/mol. The molecule has 2 aromatic rings. The van der Waals surface area contributed by atoms with E-state index in [4.69, 9.17) is 19.9 Å². The van der Waals surface area contributed by atoms with Crippen LogP contribution < -0.4 is 20.5 Å². The van der Waals surface area contributed by atoms with Gasteiger partial charge in [0, 0.05) is 11.8 Å². The number of hydrogen-bond acceptors (Lipinski definition) is 7. The van der Waals surface area contributed by atoms with Gasteiger partial charge < -0.3 is 25.3 Å². The molecule has 25 heavy (non-hydrogen) atoms. The summed E-state index contributed by atoms with van der Waals surface area (Å²) >= 11 is 1.04. The van der Waals surface area contributed by atoms with Crippen LogP contribution in [0.25, 0.3) is 0 Å². The van der Waals surface area contributed by atoms with Crippen LogP contribution in [0.4, 0.5) is 10.7 Å². The third-order valence-corrected chi connectivity index (χ3v) is 4.81. The van der Waals surface area contributed by atoms with Crippen molar-refractivity contribution in [3.8, 4) is 11.5 Å². The van der Waals surface area contributed by atoms with E-state index in [1.54, 1.807) is 26.2 Å². The van der Waals surface area contributed by atoms with Crippen molar-refractivity contribution in [2.24, 2.45) is 0 Å². The van der Waals surface area contributed by atoms with Gasteiger partial charge in [-0.05, 0) is 31.0 Å². The fraction of sp³-hybridized carbons (Fsp3) is 0.294. The van der Waals surface area contributed by atoms with E-state index in [0.29, 0.717) is 27.6 Å². The zero-order valence-corrected chi connectivity index (χ0v) is 15.5. The molecule has 8 heteroatoms. The quantitative estimate of drug-likeness (QED) is 0.791. The SMILES string of the molecule is COC(=O)c1c(N)sc(C(=O)Nc2cc(C)c(OC)c(OC)c2)c1C. The number of hydrogen-bond donors (Lipinski definition) is 2. The normalized spacial score (nSPS) is 10.3. The number of nitrogens with two attached hydrogens (primary N) is 1. The molecule has 1 amide bonds. The molecule has 3 N–H and O–H groups in total. The highest BCUT2D eigenvalue weighted by molar-refractivity contribution is 7.18. The first kappa shape index (κ1) is 18.6. The largest absolute Gasteiger partial charge is 0.493 e. The van der Waals surface area contributed by atoms with Gasteiger partial charge in [-0.1, -0.05) is 0 Å². The first-order chi connectivity index (χ1) is 11.8. The highest BCUT2D eigenvalue weighted by atomic mass is 32.1. The Bertz CT molecular complexity index is 829. The van der Waals surface area contributed by atoms with Gasteiger partial charge in [-0.25, -0.2) is 4.79 Å². The Kier molecular flexibility index (Phi) is 5.53. The Hall–Kier alpha value is -2.74. The number of carbonyl (C=O) groups excluding carboxylic acids is 2. The van der Waals surface area contributed by atoms with Crippen LogP contribution in [-0.4, -0.2) is 33.2 Å². The minimum atomic E-state index is -0.563. The summed E-state index contributed by atoms with van der Waals surface area (Å²) in [6, 6.07) is 3.43. The maximum atomic E-state index is 12.6. The Morgan fingerprint density at radius 2 is 1.80 bits per heavy atom. The molecule has 0 aliphatic carbocycles. The molecule has 2 rings (SSSR count). The number of amides is 1. The molecule has 0 saturated heterocycles. The summed E-state index contributed by atoms with van der Waals surface area (Å²) in [5.74, 6) is 0.184. The predicted molar refractivity (Wildman–Crippen MR) is 97.0 cm³/mol. The molecular weight excluding hydrogens is 344 g/mol. The molecule has 0 unspecified atom stereocenters. The molecule has 0 saturated carbocycles. The van der Waals surface area contributed by atoms with Crippen LogP contribution in [0.1, 0.15) is 31.2 Å². The summed E-state index contributed by atoms with van der Waals surface area (Å²) in [5.41, 5.74) is 7.93. The van der Waals surface area contributed by atoms with Crippen molar-refractivity contribution in [1.29, 1.82) is 0 Å². The first-order valence-corrected chi connectivity index (χ1v) is 8.16. The van der Waals surface area contributed by atoms with E-state index in [0.717, 1.165) is 16.9 Å². The van der Waals surface area contributed by atoms with Gasteiger partial charge in [-0.2, -0.15) is 0 Å². The van der Waals surface area contributed by atoms with E-state index in [-0.39, 0.29) is 16.5 Å². The second-order valence-electron chi connectivity index (χ2n) is 5.27.